The first kappa shape index (κ1) is 19.0. The Morgan fingerprint density at radius 3 is 2.65 bits per heavy atom. The van der Waals surface area contributed by atoms with Crippen LogP contribution in [0.5, 0.6) is 5.75 Å². The zero-order chi connectivity index (χ0) is 17.3. The molecule has 0 radical (unpaired) electrons. The lowest BCUT2D eigenvalue weighted by atomic mass is 9.96. The molecule has 126 valence electrons. The van der Waals surface area contributed by atoms with Gasteiger partial charge in [0.2, 0.25) is 0 Å². The van der Waals surface area contributed by atoms with Crippen molar-refractivity contribution < 1.29 is 14.3 Å². The van der Waals surface area contributed by atoms with Gasteiger partial charge >= 0.3 is 0 Å². The Kier molecular flexibility index (Phi) is 7.56. The van der Waals surface area contributed by atoms with Crippen LogP contribution < -0.4 is 10.1 Å². The van der Waals surface area contributed by atoms with Crippen molar-refractivity contribution in [1.29, 1.82) is 5.26 Å². The summed E-state index contributed by atoms with van der Waals surface area (Å²) in [6, 6.07) is 7.05. The standard InChI is InChI=1S/C18H26N2O3/c1-5-7-8-11-18(3,23-6-2)17(21)20-15-9-10-16(22-4)14(12-15)13-19/h9-10,12H,5-8,11H2,1-4H3,(H,20,21)/t18-/m0/s1. The number of nitrogens with one attached hydrogen (secondary N) is 1. The molecule has 0 heterocycles. The van der Waals surface area contributed by atoms with Crippen LogP contribution in [0.25, 0.3) is 0 Å². The van der Waals surface area contributed by atoms with Gasteiger partial charge in [-0.15, -0.1) is 0 Å². The van der Waals surface area contributed by atoms with Crippen molar-refractivity contribution in [3.8, 4) is 11.8 Å². The van der Waals surface area contributed by atoms with E-state index in [1.807, 2.05) is 13.8 Å². The number of unbranched alkanes of at least 4 members (excludes halogenated alkanes) is 2. The van der Waals surface area contributed by atoms with Gasteiger partial charge in [0.25, 0.3) is 5.91 Å². The van der Waals surface area contributed by atoms with Crippen LogP contribution in [0, 0.1) is 11.3 Å². The van der Waals surface area contributed by atoms with Crippen LogP contribution in [0.3, 0.4) is 0 Å². The second-order valence-corrected chi connectivity index (χ2v) is 5.60. The number of rotatable bonds is 9. The van der Waals surface area contributed by atoms with Gasteiger partial charge in [0.15, 0.2) is 0 Å². The third-order valence-corrected chi connectivity index (χ3v) is 3.78. The first-order chi connectivity index (χ1) is 11.0. The second kappa shape index (κ2) is 9.16. The summed E-state index contributed by atoms with van der Waals surface area (Å²) < 4.78 is 10.8. The lowest BCUT2D eigenvalue weighted by molar-refractivity contribution is -0.139. The summed E-state index contributed by atoms with van der Waals surface area (Å²) in [6.07, 6.45) is 3.76. The van der Waals surface area contributed by atoms with Crippen molar-refractivity contribution >= 4 is 11.6 Å². The molecule has 23 heavy (non-hydrogen) atoms. The normalized spacial score (nSPS) is 13.0. The molecule has 1 rings (SSSR count). The molecule has 5 heteroatoms. The number of methoxy groups -OCH3 is 1. The average Bonchev–Trinajstić information content (AvgIpc) is 2.55. The first-order valence-electron chi connectivity index (χ1n) is 8.04. The van der Waals surface area contributed by atoms with Crippen LogP contribution in [-0.2, 0) is 9.53 Å². The Hall–Kier alpha value is -2.06. The number of carbonyl (C=O) groups excluding carboxylic acids is 1. The molecule has 0 aliphatic carbocycles. The zero-order valence-electron chi connectivity index (χ0n) is 14.4. The zero-order valence-corrected chi connectivity index (χ0v) is 14.4. The molecular formula is C18H26N2O3. The molecule has 1 aromatic rings. The Labute approximate surface area is 138 Å². The Balaban J connectivity index is 2.88. The minimum Gasteiger partial charge on any atom is -0.495 e. The van der Waals surface area contributed by atoms with E-state index in [1.54, 1.807) is 18.2 Å². The summed E-state index contributed by atoms with van der Waals surface area (Å²) in [7, 11) is 1.51. The van der Waals surface area contributed by atoms with E-state index in [9.17, 15) is 4.79 Å². The third kappa shape index (κ3) is 5.26. The molecule has 0 aliphatic heterocycles. The van der Waals surface area contributed by atoms with Gasteiger partial charge in [-0.1, -0.05) is 26.2 Å². The van der Waals surface area contributed by atoms with Gasteiger partial charge in [-0.25, -0.2) is 0 Å². The van der Waals surface area contributed by atoms with Gasteiger partial charge in [-0.3, -0.25) is 4.79 Å². The molecule has 0 bridgehead atoms. The summed E-state index contributed by atoms with van der Waals surface area (Å²) in [5, 5.41) is 12.0. The number of nitriles is 1. The number of carbonyl (C=O) groups is 1. The number of benzene rings is 1. The molecule has 0 aromatic heterocycles. The molecule has 1 amide bonds. The van der Waals surface area contributed by atoms with Crippen molar-refractivity contribution in [2.45, 2.75) is 52.1 Å². The summed E-state index contributed by atoms with van der Waals surface area (Å²) in [4.78, 5) is 12.6. The molecule has 0 unspecified atom stereocenters. The van der Waals surface area contributed by atoms with E-state index in [1.165, 1.54) is 7.11 Å². The van der Waals surface area contributed by atoms with Gasteiger partial charge in [0, 0.05) is 12.3 Å². The Bertz CT molecular complexity index is 566. The number of amides is 1. The van der Waals surface area contributed by atoms with Crippen molar-refractivity contribution in [2.24, 2.45) is 0 Å². The highest BCUT2D eigenvalue weighted by Crippen LogP contribution is 2.25. The molecule has 1 aromatic carbocycles. The van der Waals surface area contributed by atoms with E-state index in [-0.39, 0.29) is 5.91 Å². The highest BCUT2D eigenvalue weighted by molar-refractivity contribution is 5.97. The topological polar surface area (TPSA) is 71.3 Å². The summed E-state index contributed by atoms with van der Waals surface area (Å²) >= 11 is 0. The first-order valence-corrected chi connectivity index (χ1v) is 8.04. The molecular weight excluding hydrogens is 292 g/mol. The van der Waals surface area contributed by atoms with Crippen molar-refractivity contribution in [3.63, 3.8) is 0 Å². The van der Waals surface area contributed by atoms with Gasteiger partial charge in [0.1, 0.15) is 17.4 Å². The maximum atomic E-state index is 12.6. The molecule has 0 spiro atoms. The molecule has 1 atom stereocenters. The lowest BCUT2D eigenvalue weighted by Gasteiger charge is -2.28. The third-order valence-electron chi connectivity index (χ3n) is 3.78. The van der Waals surface area contributed by atoms with Crippen LogP contribution in [-0.4, -0.2) is 25.2 Å². The average molecular weight is 318 g/mol. The monoisotopic (exact) mass is 318 g/mol. The van der Waals surface area contributed by atoms with E-state index in [0.717, 1.165) is 19.3 Å². The SMILES string of the molecule is CCCCC[C@](C)(OCC)C(=O)Nc1ccc(OC)c(C#N)c1. The fraction of sp³-hybridized carbons (Fsp3) is 0.556. The van der Waals surface area contributed by atoms with Gasteiger partial charge < -0.3 is 14.8 Å². The second-order valence-electron chi connectivity index (χ2n) is 5.60. The van der Waals surface area contributed by atoms with Crippen LogP contribution >= 0.6 is 0 Å². The minimum atomic E-state index is -0.864. The van der Waals surface area contributed by atoms with E-state index in [4.69, 9.17) is 14.7 Å². The van der Waals surface area contributed by atoms with Crippen molar-refractivity contribution in [1.82, 2.24) is 0 Å². The maximum Gasteiger partial charge on any atom is 0.256 e. The fourth-order valence-electron chi connectivity index (χ4n) is 2.42. The van der Waals surface area contributed by atoms with Gasteiger partial charge in [0.05, 0.1) is 12.7 Å². The van der Waals surface area contributed by atoms with Crippen LogP contribution in [0.4, 0.5) is 5.69 Å². The van der Waals surface area contributed by atoms with Gasteiger partial charge in [-0.2, -0.15) is 5.26 Å². The van der Waals surface area contributed by atoms with E-state index in [2.05, 4.69) is 18.3 Å². The lowest BCUT2D eigenvalue weighted by Crippen LogP contribution is -2.42. The predicted molar refractivity (Wildman–Crippen MR) is 90.5 cm³/mol. The van der Waals surface area contributed by atoms with Crippen LogP contribution in [0.2, 0.25) is 0 Å². The smallest absolute Gasteiger partial charge is 0.256 e. The molecule has 0 aliphatic rings. The minimum absolute atomic E-state index is 0.190. The summed E-state index contributed by atoms with van der Waals surface area (Å²) in [5.41, 5.74) is 0.0829. The van der Waals surface area contributed by atoms with Gasteiger partial charge in [-0.05, 0) is 38.5 Å². The number of hydrogen-bond donors (Lipinski definition) is 1. The van der Waals surface area contributed by atoms with Crippen molar-refractivity contribution in [2.75, 3.05) is 19.0 Å². The fourth-order valence-corrected chi connectivity index (χ4v) is 2.42. The van der Waals surface area contributed by atoms with Crippen LogP contribution in [0.1, 0.15) is 52.0 Å². The molecule has 0 saturated heterocycles. The summed E-state index contributed by atoms with van der Waals surface area (Å²) in [5.74, 6) is 0.297. The number of ether oxygens (including phenoxy) is 2. The highest BCUT2D eigenvalue weighted by Gasteiger charge is 2.33. The summed E-state index contributed by atoms with van der Waals surface area (Å²) in [6.45, 7) is 6.30. The highest BCUT2D eigenvalue weighted by atomic mass is 16.5. The van der Waals surface area contributed by atoms with E-state index < -0.39 is 5.60 Å². The molecule has 0 fully saturated rings. The van der Waals surface area contributed by atoms with E-state index >= 15 is 0 Å². The number of anilines is 1. The molecule has 0 saturated carbocycles. The Morgan fingerprint density at radius 2 is 2.09 bits per heavy atom. The Morgan fingerprint density at radius 1 is 1.35 bits per heavy atom. The number of hydrogen-bond acceptors (Lipinski definition) is 4. The van der Waals surface area contributed by atoms with Crippen molar-refractivity contribution in [3.05, 3.63) is 23.8 Å². The van der Waals surface area contributed by atoms with E-state index in [0.29, 0.717) is 30.0 Å². The largest absolute Gasteiger partial charge is 0.495 e. The molecule has 5 nitrogen and oxygen atoms in total. The maximum absolute atomic E-state index is 12.6. The number of nitrogens with zero attached hydrogens (tertiary/aromatic N) is 1. The van der Waals surface area contributed by atoms with Crippen LogP contribution in [0.15, 0.2) is 18.2 Å². The molecule has 1 N–H and O–H groups in total. The predicted octanol–water partition coefficient (Wildman–Crippen LogP) is 3.88. The quantitative estimate of drug-likeness (QED) is 0.701.